The highest BCUT2D eigenvalue weighted by Gasteiger charge is 2.45. The average molecular weight is 663 g/mol. The first-order valence-corrected chi connectivity index (χ1v) is 17.1. The molecule has 8 aromatic rings. The number of nitrogens with zero attached hydrogens (tertiary/aromatic N) is 2. The fraction of sp³-hybridized carbons (Fsp3) is 0.0667. The van der Waals surface area contributed by atoms with Gasteiger partial charge in [-0.3, -0.25) is 9.97 Å². The normalized spacial score (nSPS) is 12.8. The Morgan fingerprint density at radius 1 is 0.451 bits per heavy atom. The first-order valence-electron chi connectivity index (χ1n) is 17.1. The molecule has 1 aliphatic rings. The summed E-state index contributed by atoms with van der Waals surface area (Å²) in [6.45, 7) is 1.20. The molecule has 6 nitrogen and oxygen atoms in total. The molecule has 9 rings (SSSR count). The standard InChI is InChI=1S/C45H34N4O2/c50-41-23-13-29(35-9-5-25-46-43(35)41)27-48-33-19-15-31(16-20-33)45(39-11-3-1-7-37(39)38-8-2-4-12-40(38)45)32-17-21-34(22-18-32)49-28-30-14-24-42(51)44-36(30)10-6-26-47-44/h1-26,48-51H,27-28H2. The fourth-order valence-corrected chi connectivity index (χ4v) is 7.84. The van der Waals surface area contributed by atoms with Crippen LogP contribution in [0.2, 0.25) is 0 Å². The minimum atomic E-state index is -0.512. The minimum absolute atomic E-state index is 0.188. The maximum atomic E-state index is 10.3. The molecule has 2 heterocycles. The van der Waals surface area contributed by atoms with Gasteiger partial charge in [-0.05, 0) is 93.0 Å². The Hall–Kier alpha value is -6.66. The largest absolute Gasteiger partial charge is 0.506 e. The summed E-state index contributed by atoms with van der Waals surface area (Å²) in [5.74, 6) is 0.377. The number of aromatic hydroxyl groups is 2. The maximum Gasteiger partial charge on any atom is 0.141 e. The van der Waals surface area contributed by atoms with Crippen LogP contribution in [0.4, 0.5) is 11.4 Å². The average Bonchev–Trinajstić information content (AvgIpc) is 3.49. The zero-order valence-electron chi connectivity index (χ0n) is 27.7. The summed E-state index contributed by atoms with van der Waals surface area (Å²) in [7, 11) is 0. The molecule has 0 fully saturated rings. The van der Waals surface area contributed by atoms with E-state index in [1.807, 2.05) is 36.4 Å². The van der Waals surface area contributed by atoms with Crippen molar-refractivity contribution < 1.29 is 10.2 Å². The lowest BCUT2D eigenvalue weighted by molar-refractivity contribution is 0.479. The molecule has 0 bridgehead atoms. The van der Waals surface area contributed by atoms with E-state index in [9.17, 15) is 10.2 Å². The van der Waals surface area contributed by atoms with Crippen molar-refractivity contribution in [3.05, 3.63) is 191 Å². The third-order valence-electron chi connectivity index (χ3n) is 10.2. The van der Waals surface area contributed by atoms with Gasteiger partial charge in [0.25, 0.3) is 0 Å². The number of pyridine rings is 2. The Morgan fingerprint density at radius 3 is 1.33 bits per heavy atom. The predicted molar refractivity (Wildman–Crippen MR) is 205 cm³/mol. The minimum Gasteiger partial charge on any atom is -0.506 e. The molecule has 6 aromatic carbocycles. The molecule has 0 amide bonds. The molecule has 6 heteroatoms. The van der Waals surface area contributed by atoms with Gasteiger partial charge in [0.15, 0.2) is 0 Å². The van der Waals surface area contributed by atoms with E-state index in [0.29, 0.717) is 24.1 Å². The Balaban J connectivity index is 1.06. The third-order valence-corrected chi connectivity index (χ3v) is 10.2. The molecule has 1 aliphatic carbocycles. The summed E-state index contributed by atoms with van der Waals surface area (Å²) >= 11 is 0. The lowest BCUT2D eigenvalue weighted by atomic mass is 9.67. The van der Waals surface area contributed by atoms with Crippen LogP contribution >= 0.6 is 0 Å². The van der Waals surface area contributed by atoms with E-state index < -0.39 is 5.41 Å². The van der Waals surface area contributed by atoms with E-state index in [0.717, 1.165) is 33.3 Å². The Bertz CT molecular complexity index is 2380. The molecule has 0 aliphatic heterocycles. The topological polar surface area (TPSA) is 90.3 Å². The van der Waals surface area contributed by atoms with Crippen molar-refractivity contribution in [2.75, 3.05) is 10.6 Å². The van der Waals surface area contributed by atoms with Gasteiger partial charge in [-0.15, -0.1) is 0 Å². The van der Waals surface area contributed by atoms with Gasteiger partial charge < -0.3 is 20.8 Å². The zero-order chi connectivity index (χ0) is 34.4. The lowest BCUT2D eigenvalue weighted by Crippen LogP contribution is -2.28. The van der Waals surface area contributed by atoms with Crippen molar-refractivity contribution in [1.29, 1.82) is 0 Å². The number of nitrogens with one attached hydrogen (secondary N) is 2. The molecule has 51 heavy (non-hydrogen) atoms. The summed E-state index contributed by atoms with van der Waals surface area (Å²) in [5.41, 5.74) is 12.3. The van der Waals surface area contributed by atoms with Gasteiger partial charge in [-0.2, -0.15) is 0 Å². The second-order valence-electron chi connectivity index (χ2n) is 13.0. The highest BCUT2D eigenvalue weighted by molar-refractivity contribution is 5.89. The molecule has 2 aromatic heterocycles. The van der Waals surface area contributed by atoms with E-state index >= 15 is 0 Å². The van der Waals surface area contributed by atoms with Crippen LogP contribution in [0.25, 0.3) is 32.9 Å². The highest BCUT2D eigenvalue weighted by atomic mass is 16.3. The molecule has 0 saturated carbocycles. The van der Waals surface area contributed by atoms with Gasteiger partial charge in [-0.25, -0.2) is 0 Å². The second-order valence-corrected chi connectivity index (χ2v) is 13.0. The SMILES string of the molecule is Oc1ccc(CNc2ccc(C3(c4ccc(NCc5ccc(O)c6ncccc56)cc4)c4ccccc4-c4ccccc43)cc2)c2cccnc12. The van der Waals surface area contributed by atoms with Crippen LogP contribution in [0.5, 0.6) is 11.5 Å². The van der Waals surface area contributed by atoms with Crippen molar-refractivity contribution >= 4 is 33.2 Å². The van der Waals surface area contributed by atoms with Gasteiger partial charge in [0, 0.05) is 47.6 Å². The van der Waals surface area contributed by atoms with Crippen LogP contribution < -0.4 is 10.6 Å². The van der Waals surface area contributed by atoms with Crippen LogP contribution in [-0.2, 0) is 18.5 Å². The molecule has 0 saturated heterocycles. The number of anilines is 2. The Kier molecular flexibility index (Phi) is 7.36. The first-order chi connectivity index (χ1) is 25.1. The van der Waals surface area contributed by atoms with Crippen LogP contribution in [0.15, 0.2) is 158 Å². The van der Waals surface area contributed by atoms with E-state index in [1.54, 1.807) is 24.5 Å². The summed E-state index contributed by atoms with van der Waals surface area (Å²) in [6.07, 6.45) is 3.41. The monoisotopic (exact) mass is 662 g/mol. The number of rotatable bonds is 8. The summed E-state index contributed by atoms with van der Waals surface area (Å²) in [6, 6.07) is 50.2. The number of phenolic OH excluding ortho intramolecular Hbond substituents is 2. The number of hydrogen-bond acceptors (Lipinski definition) is 6. The number of benzene rings is 6. The zero-order valence-corrected chi connectivity index (χ0v) is 27.7. The van der Waals surface area contributed by atoms with Crippen LogP contribution in [0, 0.1) is 0 Å². The van der Waals surface area contributed by atoms with Crippen LogP contribution in [-0.4, -0.2) is 20.2 Å². The van der Waals surface area contributed by atoms with E-state index in [-0.39, 0.29) is 11.5 Å². The number of fused-ring (bicyclic) bond motifs is 5. The summed E-state index contributed by atoms with van der Waals surface area (Å²) in [4.78, 5) is 8.75. The smallest absolute Gasteiger partial charge is 0.141 e. The van der Waals surface area contributed by atoms with E-state index in [1.165, 1.54) is 33.4 Å². The first kappa shape index (κ1) is 30.4. The molecule has 0 unspecified atom stereocenters. The van der Waals surface area contributed by atoms with Gasteiger partial charge >= 0.3 is 0 Å². The molecule has 246 valence electrons. The van der Waals surface area contributed by atoms with Crippen LogP contribution in [0.3, 0.4) is 0 Å². The second kappa shape index (κ2) is 12.3. The molecule has 0 radical (unpaired) electrons. The summed E-state index contributed by atoms with van der Waals surface area (Å²) < 4.78 is 0. The highest BCUT2D eigenvalue weighted by Crippen LogP contribution is 2.56. The van der Waals surface area contributed by atoms with Crippen LogP contribution in [0.1, 0.15) is 33.4 Å². The number of hydrogen-bond donors (Lipinski definition) is 4. The number of aromatic nitrogens is 2. The fourth-order valence-electron chi connectivity index (χ4n) is 7.84. The molecule has 0 spiro atoms. The van der Waals surface area contributed by atoms with Gasteiger partial charge in [0.2, 0.25) is 0 Å². The number of phenols is 2. The molecule has 0 atom stereocenters. The van der Waals surface area contributed by atoms with Crippen molar-refractivity contribution in [3.63, 3.8) is 0 Å². The Labute approximate surface area is 295 Å². The van der Waals surface area contributed by atoms with Crippen molar-refractivity contribution in [2.45, 2.75) is 18.5 Å². The van der Waals surface area contributed by atoms with Gasteiger partial charge in [0.1, 0.15) is 22.5 Å². The van der Waals surface area contributed by atoms with Gasteiger partial charge in [0.05, 0.1) is 5.41 Å². The molecular formula is C45H34N4O2. The molecule has 4 N–H and O–H groups in total. The third kappa shape index (κ3) is 5.03. The predicted octanol–water partition coefficient (Wildman–Crippen LogP) is 9.78. The van der Waals surface area contributed by atoms with Crippen molar-refractivity contribution in [1.82, 2.24) is 9.97 Å². The summed E-state index contributed by atoms with van der Waals surface area (Å²) in [5, 5.41) is 29.7. The quantitative estimate of drug-likeness (QED) is 0.130. The lowest BCUT2D eigenvalue weighted by Gasteiger charge is -2.34. The Morgan fingerprint density at radius 2 is 0.882 bits per heavy atom. The van der Waals surface area contributed by atoms with Gasteiger partial charge in [-0.1, -0.05) is 97.1 Å². The van der Waals surface area contributed by atoms with E-state index in [4.69, 9.17) is 0 Å². The van der Waals surface area contributed by atoms with E-state index in [2.05, 4.69) is 118 Å². The molecular weight excluding hydrogens is 629 g/mol. The maximum absolute atomic E-state index is 10.3. The van der Waals surface area contributed by atoms with Crippen molar-refractivity contribution in [3.8, 4) is 22.6 Å². The van der Waals surface area contributed by atoms with Crippen molar-refractivity contribution in [2.24, 2.45) is 0 Å².